The van der Waals surface area contributed by atoms with Crippen molar-refractivity contribution in [1.29, 1.82) is 0 Å². The first-order chi connectivity index (χ1) is 17.2. The van der Waals surface area contributed by atoms with Gasteiger partial charge in [-0.15, -0.1) is 0 Å². The molecule has 6 nitrogen and oxygen atoms in total. The minimum absolute atomic E-state index is 0.186. The predicted octanol–water partition coefficient (Wildman–Crippen LogP) is 5.43. The van der Waals surface area contributed by atoms with Crippen LogP contribution >= 0.6 is 0 Å². The molecule has 2 saturated heterocycles. The molecule has 36 heavy (non-hydrogen) atoms. The number of nitrogens with zero attached hydrogens (tertiary/aromatic N) is 3. The van der Waals surface area contributed by atoms with Gasteiger partial charge in [0.25, 0.3) is 0 Å². The number of hydrogen-bond donors (Lipinski definition) is 1. The highest BCUT2D eigenvalue weighted by atomic mass is 16.5. The van der Waals surface area contributed by atoms with Crippen molar-refractivity contribution in [3.63, 3.8) is 0 Å². The fourth-order valence-electron chi connectivity index (χ4n) is 6.36. The van der Waals surface area contributed by atoms with Gasteiger partial charge in [-0.25, -0.2) is 9.97 Å². The molecule has 2 aromatic rings. The number of likely N-dealkylation sites (tertiary alicyclic amines) is 1. The van der Waals surface area contributed by atoms with Gasteiger partial charge < -0.3 is 19.7 Å². The monoisotopic (exact) mass is 494 g/mol. The van der Waals surface area contributed by atoms with E-state index in [4.69, 9.17) is 14.5 Å². The van der Waals surface area contributed by atoms with Crippen LogP contribution < -0.4 is 14.8 Å². The highest BCUT2D eigenvalue weighted by molar-refractivity contribution is 5.43. The molecule has 0 amide bonds. The van der Waals surface area contributed by atoms with Crippen LogP contribution in [0.5, 0.6) is 11.5 Å². The lowest BCUT2D eigenvalue weighted by molar-refractivity contribution is 0.123. The van der Waals surface area contributed by atoms with E-state index in [1.807, 2.05) is 12.3 Å². The van der Waals surface area contributed by atoms with Crippen LogP contribution in [0.25, 0.3) is 0 Å². The Hall–Kier alpha value is -2.18. The zero-order valence-electron chi connectivity index (χ0n) is 23.1. The molecule has 0 aliphatic carbocycles. The van der Waals surface area contributed by atoms with E-state index in [1.54, 1.807) is 7.11 Å². The number of rotatable bonds is 11. The van der Waals surface area contributed by atoms with E-state index in [9.17, 15) is 0 Å². The van der Waals surface area contributed by atoms with Gasteiger partial charge in [0.15, 0.2) is 11.5 Å². The smallest absolute Gasteiger partial charge is 0.161 e. The quantitative estimate of drug-likeness (QED) is 0.420. The Balaban J connectivity index is 1.32. The maximum Gasteiger partial charge on any atom is 0.161 e. The van der Waals surface area contributed by atoms with Crippen LogP contribution in [0, 0.1) is 5.92 Å². The van der Waals surface area contributed by atoms with Gasteiger partial charge in [0.05, 0.1) is 13.7 Å². The molecule has 198 valence electrons. The number of methoxy groups -OCH3 is 1. The molecule has 2 aliphatic heterocycles. The third-order valence-corrected chi connectivity index (χ3v) is 7.51. The van der Waals surface area contributed by atoms with E-state index in [0.717, 1.165) is 48.0 Å². The normalized spacial score (nSPS) is 19.9. The summed E-state index contributed by atoms with van der Waals surface area (Å²) in [6.45, 7) is 13.6. The number of piperidine rings is 1. The second-order valence-corrected chi connectivity index (χ2v) is 12.1. The molecular formula is C30H46N4O2. The zero-order valence-corrected chi connectivity index (χ0v) is 23.1. The summed E-state index contributed by atoms with van der Waals surface area (Å²) in [4.78, 5) is 12.0. The number of benzene rings is 1. The largest absolute Gasteiger partial charge is 0.493 e. The molecule has 2 aliphatic rings. The number of nitrogens with one attached hydrogen (secondary N) is 1. The van der Waals surface area contributed by atoms with Crippen LogP contribution in [0.4, 0.5) is 0 Å². The van der Waals surface area contributed by atoms with Crippen LogP contribution in [-0.4, -0.2) is 59.3 Å². The maximum atomic E-state index is 6.13. The molecule has 4 rings (SSSR count). The molecule has 2 fully saturated rings. The van der Waals surface area contributed by atoms with Crippen molar-refractivity contribution in [1.82, 2.24) is 20.2 Å². The van der Waals surface area contributed by atoms with Crippen LogP contribution in [0.3, 0.4) is 0 Å². The van der Waals surface area contributed by atoms with Gasteiger partial charge in [-0.05, 0) is 115 Å². The van der Waals surface area contributed by atoms with Gasteiger partial charge in [-0.1, -0.05) is 6.07 Å². The van der Waals surface area contributed by atoms with Crippen molar-refractivity contribution in [2.24, 2.45) is 5.92 Å². The van der Waals surface area contributed by atoms with Gasteiger partial charge in [0.2, 0.25) is 0 Å². The minimum Gasteiger partial charge on any atom is -0.493 e. The highest BCUT2D eigenvalue weighted by Gasteiger charge is 2.37. The average Bonchev–Trinajstić information content (AvgIpc) is 3.33. The summed E-state index contributed by atoms with van der Waals surface area (Å²) in [5.41, 5.74) is 2.65. The number of ether oxygens (including phenoxy) is 2. The lowest BCUT2D eigenvalue weighted by Crippen LogP contribution is -2.57. The molecule has 1 aromatic heterocycles. The lowest BCUT2D eigenvalue weighted by atomic mass is 9.74. The molecule has 0 atom stereocenters. The van der Waals surface area contributed by atoms with E-state index in [0.29, 0.717) is 18.9 Å². The second-order valence-electron chi connectivity index (χ2n) is 12.1. The topological polar surface area (TPSA) is 59.5 Å². The van der Waals surface area contributed by atoms with Crippen LogP contribution in [0.15, 0.2) is 30.5 Å². The molecule has 0 unspecified atom stereocenters. The van der Waals surface area contributed by atoms with Crippen molar-refractivity contribution >= 4 is 0 Å². The highest BCUT2D eigenvalue weighted by Crippen LogP contribution is 2.35. The number of hydrogen-bond acceptors (Lipinski definition) is 6. The van der Waals surface area contributed by atoms with E-state index in [2.05, 4.69) is 61.1 Å². The Bertz CT molecular complexity index is 969. The molecule has 0 saturated carbocycles. The molecule has 0 bridgehead atoms. The summed E-state index contributed by atoms with van der Waals surface area (Å²) in [5, 5.41) is 3.79. The SMILES string of the molecule is COc1ccc(Cc2nccc(CCC3CC(C)(C)NC(C)(C)C3)n2)cc1OCCCN1CCCC1. The fourth-order valence-corrected chi connectivity index (χ4v) is 6.36. The first-order valence-electron chi connectivity index (χ1n) is 13.8. The van der Waals surface area contributed by atoms with Crippen molar-refractivity contribution in [3.8, 4) is 11.5 Å². The molecule has 3 heterocycles. The summed E-state index contributed by atoms with van der Waals surface area (Å²) in [6.07, 6.45) is 10.9. The Morgan fingerprint density at radius 3 is 2.50 bits per heavy atom. The third-order valence-electron chi connectivity index (χ3n) is 7.51. The summed E-state index contributed by atoms with van der Waals surface area (Å²) < 4.78 is 11.7. The number of aromatic nitrogens is 2. The first kappa shape index (κ1) is 26.9. The third kappa shape index (κ3) is 7.91. The van der Waals surface area contributed by atoms with E-state index < -0.39 is 0 Å². The molecule has 0 radical (unpaired) electrons. The van der Waals surface area contributed by atoms with Crippen molar-refractivity contribution in [3.05, 3.63) is 47.5 Å². The van der Waals surface area contributed by atoms with Crippen molar-refractivity contribution < 1.29 is 9.47 Å². The standard InChI is InChI=1S/C30H46N4O2/c1-29(2)21-24(22-30(3,4)33-29)9-11-25-13-14-31-28(32-25)20-23-10-12-26(35-5)27(19-23)36-18-8-17-34-15-6-7-16-34/h10,12-14,19,24,33H,6-9,11,15-18,20-22H2,1-5H3. The van der Waals surface area contributed by atoms with Gasteiger partial charge in [0, 0.05) is 35.9 Å². The Morgan fingerprint density at radius 2 is 1.78 bits per heavy atom. The predicted molar refractivity (Wildman–Crippen MR) is 146 cm³/mol. The summed E-state index contributed by atoms with van der Waals surface area (Å²) in [5.74, 6) is 3.16. The van der Waals surface area contributed by atoms with Gasteiger partial charge in [0.1, 0.15) is 5.82 Å². The van der Waals surface area contributed by atoms with Crippen LogP contribution in [0.1, 0.15) is 83.3 Å². The number of aryl methyl sites for hydroxylation is 1. The second kappa shape index (κ2) is 11.9. The first-order valence-corrected chi connectivity index (χ1v) is 13.8. The average molecular weight is 495 g/mol. The Morgan fingerprint density at radius 1 is 1.03 bits per heavy atom. The van der Waals surface area contributed by atoms with Crippen LogP contribution in [0.2, 0.25) is 0 Å². The lowest BCUT2D eigenvalue weighted by Gasteiger charge is -2.46. The molecular weight excluding hydrogens is 448 g/mol. The molecule has 0 spiro atoms. The maximum absolute atomic E-state index is 6.13. The van der Waals surface area contributed by atoms with E-state index in [-0.39, 0.29) is 11.1 Å². The van der Waals surface area contributed by atoms with Crippen LogP contribution in [-0.2, 0) is 12.8 Å². The zero-order chi connectivity index (χ0) is 25.6. The molecule has 1 N–H and O–H groups in total. The fraction of sp³-hybridized carbons (Fsp3) is 0.667. The van der Waals surface area contributed by atoms with Gasteiger partial charge >= 0.3 is 0 Å². The Kier molecular flexibility index (Phi) is 8.89. The van der Waals surface area contributed by atoms with Gasteiger partial charge in [-0.2, -0.15) is 0 Å². The molecule has 6 heteroatoms. The summed E-state index contributed by atoms with van der Waals surface area (Å²) >= 11 is 0. The van der Waals surface area contributed by atoms with Gasteiger partial charge in [-0.3, -0.25) is 0 Å². The summed E-state index contributed by atoms with van der Waals surface area (Å²) in [6, 6.07) is 8.24. The van der Waals surface area contributed by atoms with Crippen molar-refractivity contribution in [2.45, 2.75) is 90.1 Å². The van der Waals surface area contributed by atoms with E-state index in [1.165, 1.54) is 45.2 Å². The molecule has 1 aromatic carbocycles. The van der Waals surface area contributed by atoms with E-state index >= 15 is 0 Å². The van der Waals surface area contributed by atoms with Crippen molar-refractivity contribution in [2.75, 3.05) is 33.4 Å². The Labute approximate surface area is 218 Å². The minimum atomic E-state index is 0.186. The summed E-state index contributed by atoms with van der Waals surface area (Å²) in [7, 11) is 1.70.